The molecule has 2 heterocycles. The molecule has 224 valence electrons. The standard InChI is InChI=1S/C33H38F3N3O3/c1-3-23-11-13-30-26(16-23)28(18-32(42-30)14-7-15-32)37-19-29(40)27(17-24-8-5-4-6-9-24)38-31(41)25-12-10-22(2)39(20-25)21-33(34,35)36/h4-6,8-13,16,20,27-29,37,40H,2-3,7,14-15,17-19,21H2,1H3,(H,38,41)/t27-,28?,29+/m0/s1. The summed E-state index contributed by atoms with van der Waals surface area (Å²) in [5.74, 6) is 0.309. The third-order valence-electron chi connectivity index (χ3n) is 8.41. The Bertz CT molecular complexity index is 1350. The van der Waals surface area contributed by atoms with Crippen LogP contribution in [0.15, 0.2) is 84.7 Å². The van der Waals surface area contributed by atoms with E-state index in [-0.39, 0.29) is 29.5 Å². The van der Waals surface area contributed by atoms with E-state index >= 15 is 0 Å². The average molecular weight is 582 g/mol. The van der Waals surface area contributed by atoms with Gasteiger partial charge in [-0.15, -0.1) is 0 Å². The second kappa shape index (κ2) is 12.4. The van der Waals surface area contributed by atoms with Crippen LogP contribution in [0.25, 0.3) is 0 Å². The van der Waals surface area contributed by atoms with Crippen molar-refractivity contribution in [3.8, 4) is 5.75 Å². The van der Waals surface area contributed by atoms with E-state index in [2.05, 4.69) is 36.3 Å². The minimum Gasteiger partial charge on any atom is -0.487 e. The molecule has 3 aliphatic rings. The van der Waals surface area contributed by atoms with Crippen LogP contribution < -0.4 is 15.4 Å². The second-order valence-electron chi connectivity index (χ2n) is 11.5. The van der Waals surface area contributed by atoms with Crippen LogP contribution in [-0.4, -0.2) is 52.9 Å². The van der Waals surface area contributed by atoms with Crippen LogP contribution in [-0.2, 0) is 17.6 Å². The van der Waals surface area contributed by atoms with Gasteiger partial charge in [-0.2, -0.15) is 13.2 Å². The number of alkyl halides is 3. The normalized spacial score (nSPS) is 20.7. The lowest BCUT2D eigenvalue weighted by molar-refractivity contribution is -0.137. The number of carbonyl (C=O) groups excluding carboxylic acids is 1. The van der Waals surface area contributed by atoms with Crippen molar-refractivity contribution in [3.63, 3.8) is 0 Å². The summed E-state index contributed by atoms with van der Waals surface area (Å²) in [6.45, 7) is 4.71. The zero-order chi connectivity index (χ0) is 29.9. The van der Waals surface area contributed by atoms with Gasteiger partial charge in [0.2, 0.25) is 0 Å². The molecular formula is C33H38F3N3O3. The average Bonchev–Trinajstić information content (AvgIpc) is 2.95. The fourth-order valence-electron chi connectivity index (χ4n) is 5.86. The molecule has 42 heavy (non-hydrogen) atoms. The van der Waals surface area contributed by atoms with Crippen molar-refractivity contribution < 1.29 is 27.8 Å². The maximum Gasteiger partial charge on any atom is 0.406 e. The van der Waals surface area contributed by atoms with Crippen LogP contribution in [0.3, 0.4) is 0 Å². The molecule has 3 N–H and O–H groups in total. The molecule has 0 bridgehead atoms. The molecule has 9 heteroatoms. The van der Waals surface area contributed by atoms with Crippen molar-refractivity contribution in [1.29, 1.82) is 0 Å². The third kappa shape index (κ3) is 7.07. The van der Waals surface area contributed by atoms with E-state index < -0.39 is 30.8 Å². The van der Waals surface area contributed by atoms with E-state index in [1.54, 1.807) is 0 Å². The first kappa shape index (κ1) is 29.9. The molecular weight excluding hydrogens is 543 g/mol. The number of fused-ring (bicyclic) bond motifs is 1. The zero-order valence-electron chi connectivity index (χ0n) is 23.8. The molecule has 1 fully saturated rings. The van der Waals surface area contributed by atoms with Crippen LogP contribution in [0.1, 0.15) is 55.3 Å². The number of hydrogen-bond donors (Lipinski definition) is 3. The first-order chi connectivity index (χ1) is 20.0. The summed E-state index contributed by atoms with van der Waals surface area (Å²) in [7, 11) is 0. The van der Waals surface area contributed by atoms with Crippen LogP contribution in [0.5, 0.6) is 5.75 Å². The maximum atomic E-state index is 13.3. The number of allylic oxidation sites excluding steroid dienone is 1. The Hall–Kier alpha value is -3.56. The van der Waals surface area contributed by atoms with Crippen LogP contribution in [0.2, 0.25) is 0 Å². The maximum absolute atomic E-state index is 13.3. The van der Waals surface area contributed by atoms with Gasteiger partial charge < -0.3 is 25.4 Å². The number of aliphatic hydroxyl groups is 1. The highest BCUT2D eigenvalue weighted by Crippen LogP contribution is 2.49. The van der Waals surface area contributed by atoms with Crippen molar-refractivity contribution in [2.75, 3.05) is 13.1 Å². The van der Waals surface area contributed by atoms with Crippen LogP contribution in [0, 0.1) is 0 Å². The zero-order valence-corrected chi connectivity index (χ0v) is 23.8. The lowest BCUT2D eigenvalue weighted by Gasteiger charge is -2.48. The van der Waals surface area contributed by atoms with E-state index in [0.29, 0.717) is 6.42 Å². The van der Waals surface area contributed by atoms with Crippen LogP contribution >= 0.6 is 0 Å². The Morgan fingerprint density at radius 3 is 2.60 bits per heavy atom. The van der Waals surface area contributed by atoms with Gasteiger partial charge in [-0.3, -0.25) is 4.79 Å². The van der Waals surface area contributed by atoms with Gasteiger partial charge in [0, 0.05) is 36.5 Å². The monoisotopic (exact) mass is 581 g/mol. The molecule has 1 unspecified atom stereocenters. The van der Waals surface area contributed by atoms with Gasteiger partial charge in [-0.25, -0.2) is 0 Å². The van der Waals surface area contributed by atoms with Gasteiger partial charge in [-0.05, 0) is 61.4 Å². The lowest BCUT2D eigenvalue weighted by Crippen LogP contribution is -2.52. The quantitative estimate of drug-likeness (QED) is 0.346. The Morgan fingerprint density at radius 2 is 1.93 bits per heavy atom. The minimum atomic E-state index is -4.46. The van der Waals surface area contributed by atoms with Crippen molar-refractivity contribution in [1.82, 2.24) is 15.5 Å². The number of carbonyl (C=O) groups is 1. The number of nitrogens with zero attached hydrogens (tertiary/aromatic N) is 1. The summed E-state index contributed by atoms with van der Waals surface area (Å²) in [6.07, 6.45) is 3.71. The first-order valence-corrected chi connectivity index (χ1v) is 14.5. The van der Waals surface area contributed by atoms with Gasteiger partial charge >= 0.3 is 6.18 Å². The molecule has 2 aliphatic heterocycles. The van der Waals surface area contributed by atoms with Crippen molar-refractivity contribution in [3.05, 3.63) is 101 Å². The summed E-state index contributed by atoms with van der Waals surface area (Å²) in [4.78, 5) is 14.2. The Morgan fingerprint density at radius 1 is 1.17 bits per heavy atom. The predicted octanol–water partition coefficient (Wildman–Crippen LogP) is 5.51. The molecule has 0 radical (unpaired) electrons. The molecule has 1 saturated carbocycles. The highest BCUT2D eigenvalue weighted by atomic mass is 19.4. The molecule has 0 saturated heterocycles. The van der Waals surface area contributed by atoms with E-state index in [9.17, 15) is 23.1 Å². The highest BCUT2D eigenvalue weighted by molar-refractivity contribution is 5.96. The summed E-state index contributed by atoms with van der Waals surface area (Å²) >= 11 is 0. The molecule has 2 aromatic carbocycles. The lowest BCUT2D eigenvalue weighted by atomic mass is 9.72. The first-order valence-electron chi connectivity index (χ1n) is 14.5. The van der Waals surface area contributed by atoms with Gasteiger partial charge in [0.15, 0.2) is 0 Å². The molecule has 5 rings (SSSR count). The van der Waals surface area contributed by atoms with E-state index in [0.717, 1.165) is 60.1 Å². The Kier molecular flexibility index (Phi) is 8.80. The summed E-state index contributed by atoms with van der Waals surface area (Å²) < 4.78 is 45.6. The second-order valence-corrected chi connectivity index (χ2v) is 11.5. The SMILES string of the molecule is C=C1C=CC(C(=O)N[C@@H](Cc2ccccc2)[C@H](O)CNC2CC3(CCC3)Oc3ccc(CC)cc32)=CN1CC(F)(F)F. The molecule has 2 aromatic rings. The smallest absolute Gasteiger partial charge is 0.406 e. The number of hydrogen-bond acceptors (Lipinski definition) is 5. The van der Waals surface area contributed by atoms with Crippen molar-refractivity contribution in [2.24, 2.45) is 0 Å². The number of halogens is 3. The third-order valence-corrected chi connectivity index (χ3v) is 8.41. The van der Waals surface area contributed by atoms with Gasteiger partial charge in [0.25, 0.3) is 5.91 Å². The number of amides is 1. The van der Waals surface area contributed by atoms with Gasteiger partial charge in [0.1, 0.15) is 17.9 Å². The van der Waals surface area contributed by atoms with Crippen LogP contribution in [0.4, 0.5) is 13.2 Å². The molecule has 6 nitrogen and oxygen atoms in total. The Balaban J connectivity index is 1.32. The number of rotatable bonds is 10. The van der Waals surface area contributed by atoms with E-state index in [1.807, 2.05) is 36.4 Å². The predicted molar refractivity (Wildman–Crippen MR) is 156 cm³/mol. The summed E-state index contributed by atoms with van der Waals surface area (Å²) in [5, 5.41) is 17.9. The summed E-state index contributed by atoms with van der Waals surface area (Å²) in [6, 6.07) is 15.1. The summed E-state index contributed by atoms with van der Waals surface area (Å²) in [5.41, 5.74) is 3.21. The highest BCUT2D eigenvalue weighted by Gasteiger charge is 2.45. The van der Waals surface area contributed by atoms with Crippen molar-refractivity contribution in [2.45, 2.75) is 75.4 Å². The van der Waals surface area contributed by atoms with E-state index in [1.165, 1.54) is 17.7 Å². The fraction of sp³-hybridized carbons (Fsp3) is 0.424. The molecule has 1 aliphatic carbocycles. The Labute approximate surface area is 244 Å². The number of nitrogens with one attached hydrogen (secondary N) is 2. The number of aliphatic hydroxyl groups excluding tert-OH is 1. The molecule has 0 aromatic heterocycles. The minimum absolute atomic E-state index is 0.0193. The van der Waals surface area contributed by atoms with Crippen molar-refractivity contribution >= 4 is 5.91 Å². The largest absolute Gasteiger partial charge is 0.487 e. The number of ether oxygens (including phenoxy) is 1. The van der Waals surface area contributed by atoms with Gasteiger partial charge in [-0.1, -0.05) is 56.0 Å². The van der Waals surface area contributed by atoms with E-state index in [4.69, 9.17) is 4.74 Å². The number of benzene rings is 2. The van der Waals surface area contributed by atoms with Gasteiger partial charge in [0.05, 0.1) is 17.7 Å². The molecule has 1 amide bonds. The fourth-order valence-corrected chi connectivity index (χ4v) is 5.86. The molecule has 3 atom stereocenters. The molecule has 1 spiro atoms. The number of aryl methyl sites for hydroxylation is 1. The topological polar surface area (TPSA) is 73.8 Å².